The molecule has 0 aromatic carbocycles. The molecule has 0 aliphatic rings. The van der Waals surface area contributed by atoms with Crippen molar-refractivity contribution in [3.05, 3.63) is 0 Å². The Morgan fingerprint density at radius 1 is 0.750 bits per heavy atom. The SMILES string of the molecule is [Ca+2].[F-].[F-].[Ti]. The van der Waals surface area contributed by atoms with Gasteiger partial charge >= 0.3 is 37.7 Å². The molecule has 0 heterocycles. The zero-order valence-corrected chi connectivity index (χ0v) is 5.73. The summed E-state index contributed by atoms with van der Waals surface area (Å²) < 4.78 is 0. The van der Waals surface area contributed by atoms with Crippen LogP contribution in [0.2, 0.25) is 0 Å². The molecule has 0 bridgehead atoms. The van der Waals surface area contributed by atoms with Gasteiger partial charge in [0, 0.05) is 21.7 Å². The molecule has 4 heteroatoms. The maximum atomic E-state index is 0. The summed E-state index contributed by atoms with van der Waals surface area (Å²) in [6.07, 6.45) is 0. The van der Waals surface area contributed by atoms with Gasteiger partial charge in [-0.2, -0.15) is 0 Å². The molecule has 0 nitrogen and oxygen atoms in total. The van der Waals surface area contributed by atoms with E-state index in [1.54, 1.807) is 0 Å². The van der Waals surface area contributed by atoms with Crippen molar-refractivity contribution in [3.8, 4) is 0 Å². The van der Waals surface area contributed by atoms with Crippen molar-refractivity contribution in [1.29, 1.82) is 0 Å². The fourth-order valence-electron chi connectivity index (χ4n) is 0. The van der Waals surface area contributed by atoms with E-state index in [9.17, 15) is 0 Å². The summed E-state index contributed by atoms with van der Waals surface area (Å²) >= 11 is 0. The number of rotatable bonds is 0. The summed E-state index contributed by atoms with van der Waals surface area (Å²) in [5.74, 6) is 0. The van der Waals surface area contributed by atoms with Gasteiger partial charge in [0.25, 0.3) is 0 Å². The van der Waals surface area contributed by atoms with Crippen molar-refractivity contribution in [2.24, 2.45) is 0 Å². The molecule has 0 saturated carbocycles. The first-order chi connectivity index (χ1) is 0. The quantitative estimate of drug-likeness (QED) is 0.283. The molecule has 0 unspecified atom stereocenters. The molecule has 0 atom stereocenters. The number of hydrogen-bond acceptors (Lipinski definition) is 0. The average molecular weight is 126 g/mol. The predicted octanol–water partition coefficient (Wildman–Crippen LogP) is -6.38. The summed E-state index contributed by atoms with van der Waals surface area (Å²) in [6.45, 7) is 0. The van der Waals surface area contributed by atoms with E-state index in [0.29, 0.717) is 0 Å². The standard InChI is InChI=1S/Ca.2FH.Ti/h;2*1H;/q+2;;;/p-2. The summed E-state index contributed by atoms with van der Waals surface area (Å²) in [5.41, 5.74) is 0. The molecule has 0 fully saturated rings. The molecule has 0 rings (SSSR count). The summed E-state index contributed by atoms with van der Waals surface area (Å²) in [7, 11) is 0. The minimum absolute atomic E-state index is 0. The van der Waals surface area contributed by atoms with E-state index in [4.69, 9.17) is 0 Å². The fourth-order valence-corrected chi connectivity index (χ4v) is 0. The molecular weight excluding hydrogens is 126 g/mol. The Morgan fingerprint density at radius 2 is 0.750 bits per heavy atom. The van der Waals surface area contributed by atoms with Crippen LogP contribution in [0.25, 0.3) is 0 Å². The smallest absolute Gasteiger partial charge is 1.00 e. The largest absolute Gasteiger partial charge is 2.00 e. The van der Waals surface area contributed by atoms with Crippen LogP contribution in [0.3, 0.4) is 0 Å². The molecule has 0 N–H and O–H groups in total. The Hall–Kier alpha value is 1.83. The van der Waals surface area contributed by atoms with E-state index in [1.165, 1.54) is 0 Å². The van der Waals surface area contributed by atoms with Gasteiger partial charge < -0.3 is 9.41 Å². The normalized spacial score (nSPS) is 0. The second-order valence-electron chi connectivity index (χ2n) is 0. The van der Waals surface area contributed by atoms with E-state index >= 15 is 0 Å². The van der Waals surface area contributed by atoms with Crippen molar-refractivity contribution in [3.63, 3.8) is 0 Å². The van der Waals surface area contributed by atoms with Crippen LogP contribution in [0.4, 0.5) is 0 Å². The Labute approximate surface area is 67.9 Å². The van der Waals surface area contributed by atoms with Crippen molar-refractivity contribution < 1.29 is 31.1 Å². The summed E-state index contributed by atoms with van der Waals surface area (Å²) in [5, 5.41) is 0. The Balaban J connectivity index is 0. The predicted molar refractivity (Wildman–Crippen MR) is 5.75 cm³/mol. The van der Waals surface area contributed by atoms with Crippen LogP contribution >= 0.6 is 0 Å². The van der Waals surface area contributed by atoms with Crippen LogP contribution < -0.4 is 9.41 Å². The van der Waals surface area contributed by atoms with Crippen molar-refractivity contribution in [1.82, 2.24) is 0 Å². The Kier molecular flexibility index (Phi) is 214. The topological polar surface area (TPSA) is 0 Å². The van der Waals surface area contributed by atoms with Crippen LogP contribution in [-0.4, -0.2) is 37.7 Å². The fraction of sp³-hybridized carbons (Fsp3) is 0. The molecule has 0 aromatic rings. The minimum Gasteiger partial charge on any atom is -1.00 e. The second kappa shape index (κ2) is 21.1. The van der Waals surface area contributed by atoms with Gasteiger partial charge in [-0.3, -0.25) is 0 Å². The van der Waals surface area contributed by atoms with Crippen LogP contribution in [0, 0.1) is 0 Å². The van der Waals surface area contributed by atoms with Gasteiger partial charge in [-0.1, -0.05) is 0 Å². The van der Waals surface area contributed by atoms with Crippen LogP contribution in [0.1, 0.15) is 0 Å². The van der Waals surface area contributed by atoms with E-state index in [-0.39, 0.29) is 68.9 Å². The van der Waals surface area contributed by atoms with Gasteiger partial charge in [0.1, 0.15) is 0 Å². The minimum atomic E-state index is 0. The first-order valence-electron chi connectivity index (χ1n) is 0. The molecular formula is CaF2Ti. The van der Waals surface area contributed by atoms with Gasteiger partial charge in [0.2, 0.25) is 0 Å². The third kappa shape index (κ3) is 9.15. The maximum Gasteiger partial charge on any atom is 2.00 e. The molecule has 0 radical (unpaired) electrons. The molecule has 4 heavy (non-hydrogen) atoms. The first kappa shape index (κ1) is 40.5. The summed E-state index contributed by atoms with van der Waals surface area (Å²) in [6, 6.07) is 0. The van der Waals surface area contributed by atoms with Crippen LogP contribution in [0.15, 0.2) is 0 Å². The van der Waals surface area contributed by atoms with E-state index in [1.807, 2.05) is 0 Å². The van der Waals surface area contributed by atoms with E-state index in [0.717, 1.165) is 0 Å². The summed E-state index contributed by atoms with van der Waals surface area (Å²) in [4.78, 5) is 0. The van der Waals surface area contributed by atoms with Gasteiger partial charge in [-0.15, -0.1) is 0 Å². The van der Waals surface area contributed by atoms with Crippen LogP contribution in [0.5, 0.6) is 0 Å². The Bertz CT molecular complexity index is 6.00. The zero-order valence-electron chi connectivity index (χ0n) is 1.96. The van der Waals surface area contributed by atoms with Gasteiger partial charge in [-0.25, -0.2) is 0 Å². The molecule has 0 saturated heterocycles. The third-order valence-electron chi connectivity index (χ3n) is 0. The molecule has 0 spiro atoms. The van der Waals surface area contributed by atoms with Gasteiger partial charge in [0.15, 0.2) is 0 Å². The Morgan fingerprint density at radius 3 is 0.750 bits per heavy atom. The van der Waals surface area contributed by atoms with E-state index in [2.05, 4.69) is 0 Å². The molecule has 0 amide bonds. The first-order valence-corrected chi connectivity index (χ1v) is 0. The zero-order chi connectivity index (χ0) is 0. The molecule has 0 aliphatic carbocycles. The van der Waals surface area contributed by atoms with Gasteiger partial charge in [-0.05, 0) is 0 Å². The monoisotopic (exact) mass is 126 g/mol. The van der Waals surface area contributed by atoms with Crippen LogP contribution in [-0.2, 0) is 21.7 Å². The molecule has 0 aliphatic heterocycles. The third-order valence-corrected chi connectivity index (χ3v) is 0. The van der Waals surface area contributed by atoms with Crippen molar-refractivity contribution in [2.45, 2.75) is 0 Å². The average Bonchev–Trinajstić information content (AvgIpc) is 0. The molecule has 0 aromatic heterocycles. The maximum absolute atomic E-state index is 0. The van der Waals surface area contributed by atoms with Crippen molar-refractivity contribution >= 4 is 37.7 Å². The van der Waals surface area contributed by atoms with Gasteiger partial charge in [0.05, 0.1) is 0 Å². The molecule has 20 valence electrons. The second-order valence-corrected chi connectivity index (χ2v) is 0. The number of hydrogen-bond donors (Lipinski definition) is 0. The van der Waals surface area contributed by atoms with Crippen molar-refractivity contribution in [2.75, 3.05) is 0 Å². The van der Waals surface area contributed by atoms with E-state index < -0.39 is 0 Å². The number of halogens is 2.